The second kappa shape index (κ2) is 10.0. The first-order chi connectivity index (χ1) is 16.0. The lowest BCUT2D eigenvalue weighted by atomic mass is 9.87. The summed E-state index contributed by atoms with van der Waals surface area (Å²) in [6.45, 7) is 1.99. The van der Waals surface area contributed by atoms with Gasteiger partial charge in [-0.15, -0.1) is 0 Å². The molecule has 2 atom stereocenters. The van der Waals surface area contributed by atoms with E-state index in [9.17, 15) is 18.4 Å². The highest BCUT2D eigenvalue weighted by Crippen LogP contribution is 2.26. The molecule has 172 valence electrons. The summed E-state index contributed by atoms with van der Waals surface area (Å²) in [5, 5.41) is 6.20. The lowest BCUT2D eigenvalue weighted by Gasteiger charge is -2.29. The van der Waals surface area contributed by atoms with Crippen LogP contribution >= 0.6 is 0 Å². The van der Waals surface area contributed by atoms with Gasteiger partial charge in [0.15, 0.2) is 12.1 Å². The lowest BCUT2D eigenvalue weighted by molar-refractivity contribution is -0.118. The molecule has 8 heteroatoms. The van der Waals surface area contributed by atoms with Crippen LogP contribution in [0.25, 0.3) is 5.69 Å². The maximum Gasteiger partial charge on any atom is 0.242 e. The van der Waals surface area contributed by atoms with Crippen LogP contribution in [-0.4, -0.2) is 33.8 Å². The number of fused-ring (bicyclic) bond motifs is 1. The number of carbonyl (C=O) groups excluding carboxylic acids is 2. The Hall–Kier alpha value is -3.39. The fourth-order valence-electron chi connectivity index (χ4n) is 4.35. The zero-order valence-electron chi connectivity index (χ0n) is 18.4. The van der Waals surface area contributed by atoms with E-state index in [1.54, 1.807) is 35.3 Å². The van der Waals surface area contributed by atoms with E-state index in [1.165, 1.54) is 6.07 Å². The fourth-order valence-corrected chi connectivity index (χ4v) is 4.35. The molecule has 3 aromatic rings. The van der Waals surface area contributed by atoms with Crippen molar-refractivity contribution >= 4 is 18.0 Å². The van der Waals surface area contributed by atoms with Crippen molar-refractivity contribution < 1.29 is 18.4 Å². The van der Waals surface area contributed by atoms with Crippen LogP contribution in [0.3, 0.4) is 0 Å². The Morgan fingerprint density at radius 2 is 2.12 bits per heavy atom. The zero-order valence-corrected chi connectivity index (χ0v) is 18.4. The number of rotatable bonds is 8. The molecule has 0 radical (unpaired) electrons. The van der Waals surface area contributed by atoms with Crippen molar-refractivity contribution in [2.75, 3.05) is 5.32 Å². The van der Waals surface area contributed by atoms with E-state index in [0.29, 0.717) is 53.9 Å². The molecule has 4 rings (SSSR count). The van der Waals surface area contributed by atoms with Gasteiger partial charge in [0.05, 0.1) is 17.9 Å². The Balaban J connectivity index is 1.44. The van der Waals surface area contributed by atoms with Gasteiger partial charge >= 0.3 is 0 Å². The number of benzene rings is 2. The minimum atomic E-state index is -0.559. The molecular weight excluding hydrogens is 426 g/mol. The van der Waals surface area contributed by atoms with Crippen molar-refractivity contribution in [2.24, 2.45) is 0 Å². The third kappa shape index (κ3) is 5.17. The van der Waals surface area contributed by atoms with Gasteiger partial charge < -0.3 is 15.2 Å². The van der Waals surface area contributed by atoms with Crippen molar-refractivity contribution in [2.45, 2.75) is 51.1 Å². The van der Waals surface area contributed by atoms with Crippen molar-refractivity contribution in [1.29, 1.82) is 0 Å². The summed E-state index contributed by atoms with van der Waals surface area (Å²) < 4.78 is 29.4. The molecule has 2 aromatic carbocycles. The minimum Gasteiger partial charge on any atom is -0.308 e. The van der Waals surface area contributed by atoms with Crippen molar-refractivity contribution in [3.05, 3.63) is 77.2 Å². The number of amides is 1. The lowest BCUT2D eigenvalue weighted by Crippen LogP contribution is -2.48. The van der Waals surface area contributed by atoms with Crippen LogP contribution in [0.2, 0.25) is 0 Å². The molecule has 1 heterocycles. The summed E-state index contributed by atoms with van der Waals surface area (Å²) in [5.74, 6) is -0.944. The van der Waals surface area contributed by atoms with Gasteiger partial charge in [-0.1, -0.05) is 25.5 Å². The fraction of sp³-hybridized carbons (Fsp3) is 0.320. The number of imidazole rings is 1. The van der Waals surface area contributed by atoms with E-state index < -0.39 is 17.7 Å². The molecule has 0 saturated heterocycles. The van der Waals surface area contributed by atoms with Gasteiger partial charge in [0, 0.05) is 17.7 Å². The number of aryl methyl sites for hydroxylation is 1. The average molecular weight is 453 g/mol. The first-order valence-corrected chi connectivity index (χ1v) is 11.1. The first kappa shape index (κ1) is 22.8. The number of nitrogens with zero attached hydrogens (tertiary/aromatic N) is 2. The highest BCUT2D eigenvalue weighted by Gasteiger charge is 2.27. The van der Waals surface area contributed by atoms with Crippen LogP contribution in [0.5, 0.6) is 0 Å². The summed E-state index contributed by atoms with van der Waals surface area (Å²) in [4.78, 5) is 28.5. The summed E-state index contributed by atoms with van der Waals surface area (Å²) in [6.07, 6.45) is 7.03. The third-order valence-electron chi connectivity index (χ3n) is 5.97. The quantitative estimate of drug-likeness (QED) is 0.502. The Morgan fingerprint density at radius 1 is 1.30 bits per heavy atom. The molecule has 1 aliphatic carbocycles. The van der Waals surface area contributed by atoms with Crippen LogP contribution in [0.15, 0.2) is 48.9 Å². The predicted octanol–water partition coefficient (Wildman–Crippen LogP) is 4.22. The molecule has 1 aliphatic rings. The third-order valence-corrected chi connectivity index (χ3v) is 5.97. The maximum atomic E-state index is 14.3. The van der Waals surface area contributed by atoms with Crippen LogP contribution in [-0.2, 0) is 17.6 Å². The molecule has 33 heavy (non-hydrogen) atoms. The summed E-state index contributed by atoms with van der Waals surface area (Å²) in [6, 6.07) is 8.85. The molecule has 0 saturated carbocycles. The maximum absolute atomic E-state index is 14.3. The van der Waals surface area contributed by atoms with Gasteiger partial charge in [0.2, 0.25) is 5.91 Å². The highest BCUT2D eigenvalue weighted by molar-refractivity contribution is 5.94. The number of aldehydes is 1. The molecule has 1 unspecified atom stereocenters. The Bertz CT molecular complexity index is 1160. The number of hydrogen-bond acceptors (Lipinski definition) is 4. The van der Waals surface area contributed by atoms with Crippen LogP contribution in [0.4, 0.5) is 14.6 Å². The van der Waals surface area contributed by atoms with Gasteiger partial charge in [-0.05, 0) is 55.0 Å². The van der Waals surface area contributed by atoms with E-state index in [0.717, 1.165) is 18.8 Å². The molecule has 0 bridgehead atoms. The second-order valence-electron chi connectivity index (χ2n) is 8.31. The minimum absolute atomic E-state index is 0.0863. The summed E-state index contributed by atoms with van der Waals surface area (Å²) in [5.41, 5.74) is 2.40. The molecule has 0 fully saturated rings. The zero-order chi connectivity index (χ0) is 23.4. The number of hydrogen-bond donors (Lipinski definition) is 2. The molecule has 1 aromatic heterocycles. The van der Waals surface area contributed by atoms with Gasteiger partial charge in [-0.3, -0.25) is 9.59 Å². The van der Waals surface area contributed by atoms with Gasteiger partial charge in [0.1, 0.15) is 18.0 Å². The Kier molecular flexibility index (Phi) is 6.93. The summed E-state index contributed by atoms with van der Waals surface area (Å²) >= 11 is 0. The van der Waals surface area contributed by atoms with Crippen molar-refractivity contribution in [3.63, 3.8) is 0 Å². The molecule has 2 N–H and O–H groups in total. The van der Waals surface area contributed by atoms with Gasteiger partial charge in [0.25, 0.3) is 0 Å². The molecule has 0 spiro atoms. The predicted molar refractivity (Wildman–Crippen MR) is 122 cm³/mol. The number of para-hydroxylation sites is 1. The average Bonchev–Trinajstić information content (AvgIpc) is 3.27. The molecule has 0 aliphatic heterocycles. The number of nitrogens with one attached hydrogen (secondary N) is 2. The topological polar surface area (TPSA) is 76.0 Å². The summed E-state index contributed by atoms with van der Waals surface area (Å²) in [7, 11) is 0. The van der Waals surface area contributed by atoms with Crippen molar-refractivity contribution in [3.8, 4) is 5.69 Å². The number of anilines is 1. The van der Waals surface area contributed by atoms with E-state index in [2.05, 4.69) is 15.6 Å². The number of aromatic nitrogens is 2. The highest BCUT2D eigenvalue weighted by atomic mass is 19.1. The smallest absolute Gasteiger partial charge is 0.242 e. The normalized spacial score (nSPS) is 16.2. The second-order valence-corrected chi connectivity index (χ2v) is 8.31. The Morgan fingerprint density at radius 3 is 2.91 bits per heavy atom. The number of halogens is 2. The monoisotopic (exact) mass is 452 g/mol. The largest absolute Gasteiger partial charge is 0.308 e. The first-order valence-electron chi connectivity index (χ1n) is 11.1. The van der Waals surface area contributed by atoms with E-state index >= 15 is 0 Å². The molecular formula is C25H26F2N4O2. The van der Waals surface area contributed by atoms with Crippen LogP contribution < -0.4 is 10.6 Å². The molecule has 1 amide bonds. The van der Waals surface area contributed by atoms with E-state index in [-0.39, 0.29) is 11.9 Å². The van der Waals surface area contributed by atoms with Crippen LogP contribution in [0.1, 0.15) is 47.7 Å². The van der Waals surface area contributed by atoms with Gasteiger partial charge in [-0.2, -0.15) is 0 Å². The van der Waals surface area contributed by atoms with Crippen molar-refractivity contribution in [1.82, 2.24) is 14.9 Å². The molecule has 6 nitrogen and oxygen atoms in total. The Labute approximate surface area is 191 Å². The SMILES string of the molecule is CCC[C@H](NC1CCc2cc(F)cc(F)c2C1)C(=O)Nc1cn(-c2ccccc2C=O)cn1. The van der Waals surface area contributed by atoms with E-state index in [4.69, 9.17) is 0 Å². The number of carbonyl (C=O) groups is 2. The van der Waals surface area contributed by atoms with E-state index in [1.807, 2.05) is 13.0 Å². The standard InChI is InChI=1S/C25H26F2N4O2/c1-2-5-22(29-19-9-8-16-10-18(26)11-21(27)20(16)12-19)25(33)30-24-13-31(15-28-24)23-7-4-3-6-17(23)14-32/h3-4,6-7,10-11,13-15,19,22,29H,2,5,8-9,12H2,1H3,(H,30,33)/t19?,22-/m0/s1. The van der Waals surface area contributed by atoms with Crippen LogP contribution in [0, 0.1) is 11.6 Å². The van der Waals surface area contributed by atoms with Gasteiger partial charge in [-0.25, -0.2) is 13.8 Å².